The molecule has 32 heavy (non-hydrogen) atoms. The van der Waals surface area contributed by atoms with Gasteiger partial charge in [0, 0.05) is 11.9 Å². The number of nitrogens with zero attached hydrogens (tertiary/aromatic N) is 2. The fraction of sp³-hybridized carbons (Fsp3) is 0.391. The van der Waals surface area contributed by atoms with Gasteiger partial charge >= 0.3 is 11.9 Å². The molecule has 0 fully saturated rings. The fourth-order valence-corrected chi connectivity index (χ4v) is 4.44. The first-order chi connectivity index (χ1) is 15.2. The van der Waals surface area contributed by atoms with Crippen LogP contribution in [0, 0.1) is 13.8 Å². The van der Waals surface area contributed by atoms with Crippen molar-refractivity contribution in [3.8, 4) is 0 Å². The molecule has 0 unspecified atom stereocenters. The van der Waals surface area contributed by atoms with Crippen molar-refractivity contribution in [2.24, 2.45) is 0 Å². The number of thiophene rings is 1. The third-order valence-corrected chi connectivity index (χ3v) is 6.12. The molecule has 1 amide bonds. The van der Waals surface area contributed by atoms with Crippen molar-refractivity contribution in [2.75, 3.05) is 11.9 Å². The average Bonchev–Trinajstić information content (AvgIpc) is 3.23. The average molecular weight is 458 g/mol. The van der Waals surface area contributed by atoms with Crippen LogP contribution in [0.5, 0.6) is 0 Å². The molecule has 0 saturated carbocycles. The number of imidazole rings is 1. The van der Waals surface area contributed by atoms with Crippen molar-refractivity contribution in [2.45, 2.75) is 54.1 Å². The molecule has 0 radical (unpaired) electrons. The summed E-state index contributed by atoms with van der Waals surface area (Å²) < 4.78 is 12.3. The Labute approximate surface area is 190 Å². The van der Waals surface area contributed by atoms with Crippen LogP contribution >= 0.6 is 11.3 Å². The Balaban J connectivity index is 1.98. The van der Waals surface area contributed by atoms with Gasteiger partial charge in [0.15, 0.2) is 0 Å². The lowest BCUT2D eigenvalue weighted by molar-refractivity contribution is 0.0383. The Morgan fingerprint density at radius 2 is 1.88 bits per heavy atom. The standard InChI is InChI=1S/C23H27N3O5S/c1-7-16-14(6)26-11-15(9-10-17(26)24-16)20(27)25-21-18(22(28)30-8-2)13(5)19(32-21)23(29)31-12(3)4/h9-12H,7-8H2,1-6H3,(H,25,27). The normalized spacial score (nSPS) is 11.1. The van der Waals surface area contributed by atoms with Crippen molar-refractivity contribution in [1.82, 2.24) is 9.38 Å². The van der Waals surface area contributed by atoms with E-state index in [9.17, 15) is 14.4 Å². The molecule has 0 aliphatic carbocycles. The third kappa shape index (κ3) is 4.52. The molecular formula is C23H27N3O5S. The maximum atomic E-state index is 13.0. The molecule has 0 bridgehead atoms. The molecule has 0 atom stereocenters. The van der Waals surface area contributed by atoms with Crippen LogP contribution < -0.4 is 5.32 Å². The van der Waals surface area contributed by atoms with Crippen LogP contribution in [0.4, 0.5) is 5.00 Å². The lowest BCUT2D eigenvalue weighted by Crippen LogP contribution is -2.15. The van der Waals surface area contributed by atoms with Crippen LogP contribution in [0.1, 0.15) is 75.0 Å². The number of aryl methyl sites for hydroxylation is 2. The van der Waals surface area contributed by atoms with E-state index in [2.05, 4.69) is 10.3 Å². The molecule has 0 aliphatic rings. The van der Waals surface area contributed by atoms with E-state index < -0.39 is 17.8 Å². The number of pyridine rings is 1. The Hall–Kier alpha value is -3.20. The monoisotopic (exact) mass is 457 g/mol. The van der Waals surface area contributed by atoms with Gasteiger partial charge in [-0.15, -0.1) is 11.3 Å². The molecule has 3 rings (SSSR count). The summed E-state index contributed by atoms with van der Waals surface area (Å²) in [7, 11) is 0. The molecule has 3 heterocycles. The van der Waals surface area contributed by atoms with Gasteiger partial charge in [-0.3, -0.25) is 4.79 Å². The van der Waals surface area contributed by atoms with Gasteiger partial charge in [0.1, 0.15) is 15.5 Å². The minimum Gasteiger partial charge on any atom is -0.462 e. The number of carbonyl (C=O) groups excluding carboxylic acids is 3. The Morgan fingerprint density at radius 1 is 1.16 bits per heavy atom. The molecule has 170 valence electrons. The van der Waals surface area contributed by atoms with Gasteiger partial charge in [-0.05, 0) is 58.7 Å². The summed E-state index contributed by atoms with van der Waals surface area (Å²) in [6.07, 6.45) is 2.19. The summed E-state index contributed by atoms with van der Waals surface area (Å²) in [5.41, 5.74) is 3.67. The second kappa shape index (κ2) is 9.52. The van der Waals surface area contributed by atoms with Crippen LogP contribution in [-0.4, -0.2) is 39.9 Å². The van der Waals surface area contributed by atoms with Gasteiger partial charge in [0.25, 0.3) is 5.91 Å². The zero-order valence-electron chi connectivity index (χ0n) is 19.1. The predicted octanol–water partition coefficient (Wildman–Crippen LogP) is 4.57. The number of fused-ring (bicyclic) bond motifs is 1. The predicted molar refractivity (Wildman–Crippen MR) is 123 cm³/mol. The second-order valence-corrected chi connectivity index (χ2v) is 8.55. The highest BCUT2D eigenvalue weighted by Gasteiger charge is 2.28. The lowest BCUT2D eigenvalue weighted by Gasteiger charge is -2.08. The van der Waals surface area contributed by atoms with E-state index in [-0.39, 0.29) is 28.2 Å². The van der Waals surface area contributed by atoms with Gasteiger partial charge < -0.3 is 19.2 Å². The third-order valence-electron chi connectivity index (χ3n) is 4.93. The number of esters is 2. The maximum absolute atomic E-state index is 13.0. The molecule has 0 aromatic carbocycles. The zero-order chi connectivity index (χ0) is 23.6. The quantitative estimate of drug-likeness (QED) is 0.522. The molecule has 3 aromatic rings. The van der Waals surface area contributed by atoms with Crippen molar-refractivity contribution in [3.63, 3.8) is 0 Å². The van der Waals surface area contributed by atoms with Crippen LogP contribution in [0.25, 0.3) is 5.65 Å². The molecule has 0 spiro atoms. The molecule has 0 saturated heterocycles. The first-order valence-corrected chi connectivity index (χ1v) is 11.3. The summed E-state index contributed by atoms with van der Waals surface area (Å²) >= 11 is 1.00. The van der Waals surface area contributed by atoms with Crippen molar-refractivity contribution in [1.29, 1.82) is 0 Å². The molecule has 8 nitrogen and oxygen atoms in total. The van der Waals surface area contributed by atoms with Crippen LogP contribution in [0.3, 0.4) is 0 Å². The van der Waals surface area contributed by atoms with Crippen molar-refractivity contribution in [3.05, 3.63) is 51.3 Å². The van der Waals surface area contributed by atoms with Gasteiger partial charge in [-0.1, -0.05) is 6.92 Å². The number of ether oxygens (including phenoxy) is 2. The summed E-state index contributed by atoms with van der Waals surface area (Å²) in [6.45, 7) is 11.0. The van der Waals surface area contributed by atoms with Gasteiger partial charge in [-0.25, -0.2) is 14.6 Å². The summed E-state index contributed by atoms with van der Waals surface area (Å²) in [6, 6.07) is 3.45. The minimum atomic E-state index is -0.603. The van der Waals surface area contributed by atoms with E-state index in [1.165, 1.54) is 0 Å². The van der Waals surface area contributed by atoms with E-state index in [4.69, 9.17) is 9.47 Å². The van der Waals surface area contributed by atoms with E-state index in [0.29, 0.717) is 11.1 Å². The minimum absolute atomic E-state index is 0.161. The molecule has 3 aromatic heterocycles. The van der Waals surface area contributed by atoms with E-state index in [0.717, 1.165) is 34.8 Å². The van der Waals surface area contributed by atoms with Crippen LogP contribution in [-0.2, 0) is 15.9 Å². The number of amides is 1. The highest BCUT2D eigenvalue weighted by atomic mass is 32.1. The van der Waals surface area contributed by atoms with Gasteiger partial charge in [-0.2, -0.15) is 0 Å². The van der Waals surface area contributed by atoms with E-state index in [1.54, 1.807) is 46.0 Å². The number of rotatable bonds is 7. The van der Waals surface area contributed by atoms with Crippen molar-refractivity contribution >= 4 is 39.8 Å². The maximum Gasteiger partial charge on any atom is 0.348 e. The van der Waals surface area contributed by atoms with Crippen LogP contribution in [0.2, 0.25) is 0 Å². The Kier molecular flexibility index (Phi) is 6.98. The summed E-state index contributed by atoms with van der Waals surface area (Å²) in [5, 5.41) is 3.03. The highest BCUT2D eigenvalue weighted by Crippen LogP contribution is 2.35. The summed E-state index contributed by atoms with van der Waals surface area (Å²) in [5.74, 6) is -1.56. The SMILES string of the molecule is CCOC(=O)c1c(NC(=O)c2ccc3nc(CC)c(C)n3c2)sc(C(=O)OC(C)C)c1C. The number of aromatic nitrogens is 2. The first-order valence-electron chi connectivity index (χ1n) is 10.5. The summed E-state index contributed by atoms with van der Waals surface area (Å²) in [4.78, 5) is 42.9. The lowest BCUT2D eigenvalue weighted by atomic mass is 10.1. The number of carbonyl (C=O) groups is 3. The van der Waals surface area contributed by atoms with E-state index in [1.807, 2.05) is 18.2 Å². The van der Waals surface area contributed by atoms with Crippen LogP contribution in [0.15, 0.2) is 18.3 Å². The van der Waals surface area contributed by atoms with Crippen molar-refractivity contribution < 1.29 is 23.9 Å². The highest BCUT2D eigenvalue weighted by molar-refractivity contribution is 7.18. The fourth-order valence-electron chi connectivity index (χ4n) is 3.37. The molecule has 9 heteroatoms. The second-order valence-electron chi connectivity index (χ2n) is 7.53. The zero-order valence-corrected chi connectivity index (χ0v) is 19.9. The first kappa shape index (κ1) is 23.5. The number of nitrogens with one attached hydrogen (secondary N) is 1. The smallest absolute Gasteiger partial charge is 0.348 e. The molecule has 1 N–H and O–H groups in total. The number of anilines is 1. The largest absolute Gasteiger partial charge is 0.462 e. The number of hydrogen-bond donors (Lipinski definition) is 1. The van der Waals surface area contributed by atoms with Gasteiger partial charge in [0.05, 0.1) is 29.5 Å². The van der Waals surface area contributed by atoms with E-state index >= 15 is 0 Å². The Bertz CT molecular complexity index is 1190. The molecule has 0 aliphatic heterocycles. The number of hydrogen-bond acceptors (Lipinski definition) is 7. The molecular weight excluding hydrogens is 430 g/mol. The van der Waals surface area contributed by atoms with Gasteiger partial charge in [0.2, 0.25) is 0 Å². The Morgan fingerprint density at radius 3 is 2.50 bits per heavy atom. The topological polar surface area (TPSA) is 99.0 Å².